The highest BCUT2D eigenvalue weighted by Gasteiger charge is 2.60. The molecular weight excluding hydrogens is 384 g/mol. The smallest absolute Gasteiger partial charge is 0.343 e. The summed E-state index contributed by atoms with van der Waals surface area (Å²) < 4.78 is 24.7. The molecule has 1 fully saturated rings. The molecule has 0 saturated carbocycles. The zero-order valence-electron chi connectivity index (χ0n) is 13.5. The minimum Gasteiger partial charge on any atom is -1.00 e. The number of rotatable bonds is 7. The van der Waals surface area contributed by atoms with Gasteiger partial charge in [-0.15, -0.1) is 0 Å². The summed E-state index contributed by atoms with van der Waals surface area (Å²) in [6.45, 7) is 1.63. The van der Waals surface area contributed by atoms with Crippen molar-refractivity contribution in [1.82, 2.24) is 0 Å². The molecule has 1 saturated heterocycles. The van der Waals surface area contributed by atoms with Crippen molar-refractivity contribution in [2.45, 2.75) is 37.0 Å². The van der Waals surface area contributed by atoms with Gasteiger partial charge in [0.05, 0.1) is 27.2 Å². The van der Waals surface area contributed by atoms with E-state index in [0.717, 1.165) is 19.4 Å². The van der Waals surface area contributed by atoms with Gasteiger partial charge in [0, 0.05) is 5.92 Å². The second-order valence-corrected chi connectivity index (χ2v) is 11.6. The highest BCUT2D eigenvalue weighted by Crippen LogP contribution is 2.73. The van der Waals surface area contributed by atoms with Crippen molar-refractivity contribution in [3.05, 3.63) is 0 Å². The molecule has 1 rings (SSSR count). The first-order valence-electron chi connectivity index (χ1n) is 7.39. The van der Waals surface area contributed by atoms with Gasteiger partial charge in [-0.05, 0) is 37.9 Å². The fourth-order valence-corrected chi connectivity index (χ4v) is 6.89. The van der Waals surface area contributed by atoms with Gasteiger partial charge in [0.2, 0.25) is 0 Å². The van der Waals surface area contributed by atoms with Crippen molar-refractivity contribution in [1.29, 1.82) is 0 Å². The summed E-state index contributed by atoms with van der Waals surface area (Å²) >= 11 is 4.01. The fourth-order valence-electron chi connectivity index (χ4n) is 3.48. The molecule has 0 amide bonds. The minimum absolute atomic E-state index is 0. The number of likely N-dealkylation sites (tertiary alicyclic amines) is 1. The summed E-state index contributed by atoms with van der Waals surface area (Å²) in [5.74, 6) is 0.220. The molecular formula is C12H28ClNO6P2S. The first-order valence-corrected chi connectivity index (χ1v) is 11.2. The number of piperidine rings is 1. The lowest BCUT2D eigenvalue weighted by Crippen LogP contribution is -3.00. The van der Waals surface area contributed by atoms with Crippen LogP contribution in [0.1, 0.15) is 32.1 Å². The molecule has 0 aromatic heterocycles. The molecule has 1 aliphatic heterocycles. The molecule has 0 aromatic carbocycles. The number of nitrogens with zero attached hydrogens (tertiary/aromatic N) is 1. The Bertz CT molecular complexity index is 458. The molecule has 11 heteroatoms. The third-order valence-electron chi connectivity index (χ3n) is 4.56. The molecule has 1 heterocycles. The maximum absolute atomic E-state index is 12.0. The van der Waals surface area contributed by atoms with Crippen LogP contribution in [-0.2, 0) is 9.13 Å². The van der Waals surface area contributed by atoms with Crippen LogP contribution in [0, 0.1) is 5.92 Å². The SMILES string of the molecule is C[N+]1(C)CCCC(CC(CCCS)(P(=O)(O)O)P(=O)(O)O)C1.[Cl-]. The van der Waals surface area contributed by atoms with Crippen molar-refractivity contribution in [2.75, 3.05) is 32.9 Å². The summed E-state index contributed by atoms with van der Waals surface area (Å²) in [4.78, 5) is 36.7. The largest absolute Gasteiger partial charge is 1.00 e. The average molecular weight is 412 g/mol. The zero-order chi connectivity index (χ0) is 17.2. The zero-order valence-corrected chi connectivity index (χ0v) is 16.9. The molecule has 0 radical (unpaired) electrons. The van der Waals surface area contributed by atoms with Crippen LogP contribution in [0.25, 0.3) is 0 Å². The van der Waals surface area contributed by atoms with Gasteiger partial charge in [0.15, 0.2) is 4.90 Å². The van der Waals surface area contributed by atoms with Crippen LogP contribution in [0.3, 0.4) is 0 Å². The molecule has 0 aliphatic carbocycles. The maximum atomic E-state index is 12.0. The summed E-state index contributed by atoms with van der Waals surface area (Å²) in [6, 6.07) is 0. The van der Waals surface area contributed by atoms with Crippen LogP contribution >= 0.6 is 27.8 Å². The van der Waals surface area contributed by atoms with Crippen molar-refractivity contribution < 1.29 is 45.6 Å². The average Bonchev–Trinajstić information content (AvgIpc) is 2.30. The van der Waals surface area contributed by atoms with Gasteiger partial charge in [-0.1, -0.05) is 0 Å². The molecule has 0 spiro atoms. The number of thiol groups is 1. The van der Waals surface area contributed by atoms with Crippen LogP contribution in [0.15, 0.2) is 0 Å². The lowest BCUT2D eigenvalue weighted by atomic mass is 9.91. The second-order valence-electron chi connectivity index (χ2n) is 6.95. The molecule has 1 atom stereocenters. The Morgan fingerprint density at radius 3 is 2.09 bits per heavy atom. The standard InChI is InChI=1S/C12H27NO6P2S.ClH/c1-13(2)7-3-5-11(10-13)9-12(6-4-8-22,20(14,15)16)21(17,18)19;/h11H,3-10H2,1-2H3,(H4-,14,15,16,17,18,19,22);1H. The Balaban J connectivity index is 0.00000484. The fraction of sp³-hybridized carbons (Fsp3) is 1.00. The van der Waals surface area contributed by atoms with Crippen LogP contribution < -0.4 is 12.4 Å². The van der Waals surface area contributed by atoms with Gasteiger partial charge < -0.3 is 36.5 Å². The molecule has 4 N–H and O–H groups in total. The van der Waals surface area contributed by atoms with E-state index in [1.807, 2.05) is 14.1 Å². The van der Waals surface area contributed by atoms with E-state index >= 15 is 0 Å². The van der Waals surface area contributed by atoms with Crippen molar-refractivity contribution in [2.24, 2.45) is 5.92 Å². The van der Waals surface area contributed by atoms with E-state index in [1.165, 1.54) is 0 Å². The van der Waals surface area contributed by atoms with Crippen LogP contribution in [0.2, 0.25) is 0 Å². The first kappa shape index (κ1) is 23.9. The van der Waals surface area contributed by atoms with Gasteiger partial charge in [-0.3, -0.25) is 9.13 Å². The van der Waals surface area contributed by atoms with Gasteiger partial charge in [-0.25, -0.2) is 0 Å². The van der Waals surface area contributed by atoms with Gasteiger partial charge in [0.25, 0.3) is 0 Å². The molecule has 1 unspecified atom stereocenters. The van der Waals surface area contributed by atoms with E-state index in [-0.39, 0.29) is 37.6 Å². The Morgan fingerprint density at radius 1 is 1.17 bits per heavy atom. The molecule has 0 bridgehead atoms. The summed E-state index contributed by atoms with van der Waals surface area (Å²) in [5, 5.41) is 0. The monoisotopic (exact) mass is 411 g/mol. The third kappa shape index (κ3) is 5.98. The predicted octanol–water partition coefficient (Wildman–Crippen LogP) is -1.37. The predicted molar refractivity (Wildman–Crippen MR) is 89.1 cm³/mol. The highest BCUT2D eigenvalue weighted by atomic mass is 35.5. The number of quaternary nitrogens is 1. The Kier molecular flexibility index (Phi) is 8.86. The maximum Gasteiger partial charge on any atom is 0.343 e. The van der Waals surface area contributed by atoms with Crippen molar-refractivity contribution >= 4 is 27.8 Å². The molecule has 140 valence electrons. The van der Waals surface area contributed by atoms with Gasteiger partial charge in [-0.2, -0.15) is 12.6 Å². The minimum atomic E-state index is -4.97. The second kappa shape index (κ2) is 8.52. The quantitative estimate of drug-likeness (QED) is 0.200. The van der Waals surface area contributed by atoms with Crippen LogP contribution in [0.4, 0.5) is 0 Å². The van der Waals surface area contributed by atoms with E-state index in [4.69, 9.17) is 0 Å². The Hall–Kier alpha value is 0.900. The Morgan fingerprint density at radius 2 is 1.70 bits per heavy atom. The summed E-state index contributed by atoms with van der Waals surface area (Å²) in [5.41, 5.74) is 0. The van der Waals surface area contributed by atoms with Crippen LogP contribution in [0.5, 0.6) is 0 Å². The van der Waals surface area contributed by atoms with E-state index in [2.05, 4.69) is 12.6 Å². The molecule has 23 heavy (non-hydrogen) atoms. The number of hydrogen-bond donors (Lipinski definition) is 5. The topological polar surface area (TPSA) is 115 Å². The lowest BCUT2D eigenvalue weighted by molar-refractivity contribution is -0.898. The van der Waals surface area contributed by atoms with Gasteiger partial charge >= 0.3 is 15.2 Å². The summed E-state index contributed by atoms with van der Waals surface area (Å²) in [6.07, 6.45) is 1.53. The van der Waals surface area contributed by atoms with Crippen molar-refractivity contribution in [3.63, 3.8) is 0 Å². The van der Waals surface area contributed by atoms with E-state index in [9.17, 15) is 28.7 Å². The number of hydrogen-bond acceptors (Lipinski definition) is 3. The normalized spacial score (nSPS) is 22.5. The summed E-state index contributed by atoms with van der Waals surface area (Å²) in [7, 11) is -5.89. The first-order chi connectivity index (χ1) is 9.85. The lowest BCUT2D eigenvalue weighted by Gasteiger charge is -2.42. The number of halogens is 1. The van der Waals surface area contributed by atoms with E-state index < -0.39 is 20.1 Å². The third-order valence-corrected chi connectivity index (χ3v) is 9.42. The molecule has 1 aliphatic rings. The highest BCUT2D eigenvalue weighted by molar-refractivity contribution is 7.80. The van der Waals surface area contributed by atoms with E-state index in [0.29, 0.717) is 16.8 Å². The van der Waals surface area contributed by atoms with Crippen molar-refractivity contribution in [3.8, 4) is 0 Å². The van der Waals surface area contributed by atoms with E-state index in [1.54, 1.807) is 0 Å². The molecule has 7 nitrogen and oxygen atoms in total. The molecule has 0 aromatic rings. The van der Waals surface area contributed by atoms with Gasteiger partial charge in [0.1, 0.15) is 0 Å². The van der Waals surface area contributed by atoms with Crippen LogP contribution in [-0.4, -0.2) is 61.9 Å². The Labute approximate surface area is 149 Å².